The van der Waals surface area contributed by atoms with Gasteiger partial charge in [-0.15, -0.1) is 0 Å². The fourth-order valence-electron chi connectivity index (χ4n) is 3.69. The van der Waals surface area contributed by atoms with Gasteiger partial charge in [-0.05, 0) is 49.2 Å². The molecule has 0 spiro atoms. The van der Waals surface area contributed by atoms with E-state index in [2.05, 4.69) is 10.3 Å². The molecule has 2 heterocycles. The Bertz CT molecular complexity index is 1090. The van der Waals surface area contributed by atoms with Crippen LogP contribution in [0.25, 0.3) is 0 Å². The van der Waals surface area contributed by atoms with E-state index in [-0.39, 0.29) is 23.4 Å². The first kappa shape index (κ1) is 21.5. The van der Waals surface area contributed by atoms with Gasteiger partial charge in [-0.2, -0.15) is 0 Å². The van der Waals surface area contributed by atoms with E-state index in [1.54, 1.807) is 47.5 Å². The van der Waals surface area contributed by atoms with Crippen LogP contribution in [-0.2, 0) is 13.7 Å². The zero-order valence-electron chi connectivity index (χ0n) is 17.8. The normalized spacial score (nSPS) is 14.2. The number of imidazole rings is 1. The van der Waals surface area contributed by atoms with Crippen molar-refractivity contribution in [2.75, 3.05) is 13.1 Å². The van der Waals surface area contributed by atoms with Gasteiger partial charge < -0.3 is 19.5 Å². The van der Waals surface area contributed by atoms with Gasteiger partial charge in [0.25, 0.3) is 11.8 Å². The van der Waals surface area contributed by atoms with Crippen molar-refractivity contribution in [1.82, 2.24) is 19.8 Å². The van der Waals surface area contributed by atoms with E-state index in [0.717, 1.165) is 5.82 Å². The summed E-state index contributed by atoms with van der Waals surface area (Å²) in [6.07, 6.45) is 4.81. The second-order valence-electron chi connectivity index (χ2n) is 7.79. The van der Waals surface area contributed by atoms with Crippen molar-refractivity contribution >= 4 is 11.8 Å². The Kier molecular flexibility index (Phi) is 6.49. The minimum atomic E-state index is -0.514. The topological polar surface area (TPSA) is 76.5 Å². The van der Waals surface area contributed by atoms with Crippen LogP contribution in [-0.4, -0.2) is 45.4 Å². The molecule has 8 heteroatoms. The van der Waals surface area contributed by atoms with Crippen LogP contribution in [0.2, 0.25) is 0 Å². The minimum Gasteiger partial charge on any atom is -0.486 e. The molecule has 2 aromatic carbocycles. The van der Waals surface area contributed by atoms with Gasteiger partial charge in [0, 0.05) is 44.1 Å². The monoisotopic (exact) mass is 436 g/mol. The fraction of sp³-hybridized carbons (Fsp3) is 0.292. The molecule has 0 aliphatic carbocycles. The molecule has 1 saturated heterocycles. The summed E-state index contributed by atoms with van der Waals surface area (Å²) in [4.78, 5) is 31.0. The van der Waals surface area contributed by atoms with Crippen molar-refractivity contribution in [3.8, 4) is 5.75 Å². The number of aryl methyl sites for hydroxylation is 1. The number of hydrogen-bond donors (Lipinski definition) is 1. The molecule has 2 amide bonds. The Morgan fingerprint density at radius 2 is 1.84 bits per heavy atom. The quantitative estimate of drug-likeness (QED) is 0.644. The summed E-state index contributed by atoms with van der Waals surface area (Å²) in [7, 11) is 1.90. The molecule has 3 aromatic rings. The summed E-state index contributed by atoms with van der Waals surface area (Å²) in [6, 6.07) is 12.9. The first-order valence-electron chi connectivity index (χ1n) is 10.5. The molecular weight excluding hydrogens is 411 g/mol. The van der Waals surface area contributed by atoms with Crippen molar-refractivity contribution in [2.24, 2.45) is 7.05 Å². The Morgan fingerprint density at radius 3 is 2.50 bits per heavy atom. The Morgan fingerprint density at radius 1 is 1.12 bits per heavy atom. The second-order valence-corrected chi connectivity index (χ2v) is 7.79. The summed E-state index contributed by atoms with van der Waals surface area (Å²) in [5.41, 5.74) is 0.624. The van der Waals surface area contributed by atoms with Crippen LogP contribution < -0.4 is 10.1 Å². The van der Waals surface area contributed by atoms with Gasteiger partial charge in [0.15, 0.2) is 0 Å². The molecule has 7 nitrogen and oxygen atoms in total. The molecule has 1 fully saturated rings. The van der Waals surface area contributed by atoms with Crippen LogP contribution >= 0.6 is 0 Å². The highest BCUT2D eigenvalue weighted by molar-refractivity contribution is 5.95. The van der Waals surface area contributed by atoms with Crippen molar-refractivity contribution in [2.45, 2.75) is 25.5 Å². The first-order valence-corrected chi connectivity index (χ1v) is 10.5. The molecule has 166 valence electrons. The summed E-state index contributed by atoms with van der Waals surface area (Å²) < 4.78 is 21.5. The molecular formula is C24H25FN4O3. The first-order chi connectivity index (χ1) is 15.5. The highest BCUT2D eigenvalue weighted by atomic mass is 19.1. The van der Waals surface area contributed by atoms with Gasteiger partial charge in [0.05, 0.1) is 5.56 Å². The molecule has 1 aliphatic rings. The maximum absolute atomic E-state index is 13.9. The Labute approximate surface area is 185 Å². The van der Waals surface area contributed by atoms with Crippen molar-refractivity contribution in [3.05, 3.63) is 83.7 Å². The van der Waals surface area contributed by atoms with Crippen molar-refractivity contribution < 1.29 is 18.7 Å². The van der Waals surface area contributed by atoms with Crippen LogP contribution in [0.3, 0.4) is 0 Å². The number of carbonyl (C=O) groups is 2. The number of hydrogen-bond acceptors (Lipinski definition) is 4. The van der Waals surface area contributed by atoms with E-state index >= 15 is 0 Å². The van der Waals surface area contributed by atoms with E-state index in [1.807, 2.05) is 17.8 Å². The number of halogens is 1. The number of rotatable bonds is 6. The average molecular weight is 436 g/mol. The summed E-state index contributed by atoms with van der Waals surface area (Å²) in [5.74, 6) is 0.477. The van der Waals surface area contributed by atoms with Crippen LogP contribution in [0.1, 0.15) is 39.4 Å². The largest absolute Gasteiger partial charge is 0.486 e. The average Bonchev–Trinajstić information content (AvgIpc) is 3.23. The van der Waals surface area contributed by atoms with Crippen LogP contribution in [0.4, 0.5) is 4.39 Å². The van der Waals surface area contributed by atoms with Crippen LogP contribution in [0.15, 0.2) is 60.9 Å². The molecule has 4 rings (SSSR count). The van der Waals surface area contributed by atoms with Gasteiger partial charge in [-0.25, -0.2) is 9.37 Å². The lowest BCUT2D eigenvalue weighted by Gasteiger charge is -2.32. The predicted octanol–water partition coefficient (Wildman–Crippen LogP) is 3.17. The smallest absolute Gasteiger partial charge is 0.256 e. The highest BCUT2D eigenvalue weighted by Gasteiger charge is 2.26. The summed E-state index contributed by atoms with van der Waals surface area (Å²) in [5, 5.41) is 3.02. The van der Waals surface area contributed by atoms with E-state index in [0.29, 0.717) is 43.9 Å². The number of likely N-dealkylation sites (tertiary alicyclic amines) is 1. The van der Waals surface area contributed by atoms with E-state index in [1.165, 1.54) is 12.1 Å². The van der Waals surface area contributed by atoms with Gasteiger partial charge in [0.1, 0.15) is 24.0 Å². The third-order valence-corrected chi connectivity index (χ3v) is 5.63. The fourth-order valence-corrected chi connectivity index (χ4v) is 3.69. The molecule has 0 saturated carbocycles. The Balaban J connectivity index is 1.26. The van der Waals surface area contributed by atoms with Crippen molar-refractivity contribution in [3.63, 3.8) is 0 Å². The number of carbonyl (C=O) groups excluding carboxylic acids is 2. The zero-order valence-corrected chi connectivity index (χ0v) is 17.8. The van der Waals surface area contributed by atoms with E-state index < -0.39 is 5.82 Å². The number of amides is 2. The minimum absolute atomic E-state index is 0.0356. The van der Waals surface area contributed by atoms with Gasteiger partial charge >= 0.3 is 0 Å². The molecule has 0 bridgehead atoms. The standard InChI is InChI=1S/C24H25FN4O3/c1-28-15-12-26-22(28)16-32-19-8-6-17(7-9-19)23(30)27-18-10-13-29(14-11-18)24(31)20-4-2-3-5-21(20)25/h2-9,12,15,18H,10-11,13-14,16H2,1H3,(H,27,30). The molecule has 0 unspecified atom stereocenters. The lowest BCUT2D eigenvalue weighted by Crippen LogP contribution is -2.46. The number of nitrogens with one attached hydrogen (secondary N) is 1. The third-order valence-electron chi connectivity index (χ3n) is 5.63. The zero-order chi connectivity index (χ0) is 22.5. The molecule has 1 aromatic heterocycles. The molecule has 0 radical (unpaired) electrons. The van der Waals surface area contributed by atoms with Crippen LogP contribution in [0.5, 0.6) is 5.75 Å². The van der Waals surface area contributed by atoms with Gasteiger partial charge in [-0.3, -0.25) is 9.59 Å². The number of benzene rings is 2. The lowest BCUT2D eigenvalue weighted by atomic mass is 10.0. The van der Waals surface area contributed by atoms with Gasteiger partial charge in [0.2, 0.25) is 0 Å². The highest BCUT2D eigenvalue weighted by Crippen LogP contribution is 2.18. The predicted molar refractivity (Wildman–Crippen MR) is 117 cm³/mol. The third kappa shape index (κ3) is 4.96. The second kappa shape index (κ2) is 9.64. The Hall–Kier alpha value is -3.68. The maximum atomic E-state index is 13.9. The number of piperidine rings is 1. The number of aromatic nitrogens is 2. The summed E-state index contributed by atoms with van der Waals surface area (Å²) >= 11 is 0. The molecule has 1 aliphatic heterocycles. The lowest BCUT2D eigenvalue weighted by molar-refractivity contribution is 0.0693. The SMILES string of the molecule is Cn1ccnc1COc1ccc(C(=O)NC2CCN(C(=O)c3ccccc3F)CC2)cc1. The van der Waals surface area contributed by atoms with E-state index in [4.69, 9.17) is 4.74 Å². The van der Waals surface area contributed by atoms with Crippen LogP contribution in [0, 0.1) is 5.82 Å². The van der Waals surface area contributed by atoms with Gasteiger partial charge in [-0.1, -0.05) is 12.1 Å². The molecule has 1 N–H and O–H groups in total. The number of nitrogens with zero attached hydrogens (tertiary/aromatic N) is 3. The van der Waals surface area contributed by atoms with Crippen molar-refractivity contribution in [1.29, 1.82) is 0 Å². The van der Waals surface area contributed by atoms with E-state index in [9.17, 15) is 14.0 Å². The summed E-state index contributed by atoms with van der Waals surface area (Å²) in [6.45, 7) is 1.29. The molecule has 32 heavy (non-hydrogen) atoms. The molecule has 0 atom stereocenters. The number of ether oxygens (including phenoxy) is 1. The maximum Gasteiger partial charge on any atom is 0.256 e.